The van der Waals surface area contributed by atoms with Gasteiger partial charge < -0.3 is 5.11 Å². The Morgan fingerprint density at radius 1 is 0.932 bits per heavy atom. The van der Waals surface area contributed by atoms with E-state index in [4.69, 9.17) is 4.98 Å². The molecule has 0 atom stereocenters. The van der Waals surface area contributed by atoms with Gasteiger partial charge in [-0.1, -0.05) is 121 Å². The number of aryl methyl sites for hydroxylation is 1. The second-order valence-electron chi connectivity index (χ2n) is 13.9. The Labute approximate surface area is 281 Å². The summed E-state index contributed by atoms with van der Waals surface area (Å²) in [5.41, 5.74) is 5.16. The molecule has 0 aliphatic carbocycles. The van der Waals surface area contributed by atoms with Crippen LogP contribution < -0.4 is 5.19 Å². The van der Waals surface area contributed by atoms with Gasteiger partial charge in [0.05, 0.1) is 13.8 Å². The predicted octanol–water partition coefficient (Wildman–Crippen LogP) is 10.3. The Kier molecular flexibility index (Phi) is 13.2. The number of nitrogens with zero attached hydrogens (tertiary/aromatic N) is 1. The van der Waals surface area contributed by atoms with Gasteiger partial charge in [-0.25, -0.2) is 0 Å². The van der Waals surface area contributed by atoms with Gasteiger partial charge in [0, 0.05) is 49.4 Å². The minimum atomic E-state index is -1.22. The number of aliphatic hydroxyl groups is 1. The SMILES string of the molecule is CC(C)(C)c1cc(-c2ccc3c(n2)CCC[Si]32CCCC2)[c-]c2ccccc12.CCC(CC)C(=O)/C=C(\O)C(CC)CC.[Ir]. The fourth-order valence-electron chi connectivity index (χ4n) is 7.39. The van der Waals surface area contributed by atoms with Crippen molar-refractivity contribution in [3.63, 3.8) is 0 Å². The van der Waals surface area contributed by atoms with E-state index in [1.54, 1.807) is 5.19 Å². The first-order valence-electron chi connectivity index (χ1n) is 17.0. The van der Waals surface area contributed by atoms with E-state index < -0.39 is 8.07 Å². The van der Waals surface area contributed by atoms with Crippen LogP contribution in [0.5, 0.6) is 0 Å². The van der Waals surface area contributed by atoms with Crippen molar-refractivity contribution in [2.45, 2.75) is 123 Å². The third kappa shape index (κ3) is 8.19. The molecule has 2 aromatic carbocycles. The average molecular weight is 789 g/mol. The Bertz CT molecular complexity index is 1430. The molecule has 1 saturated heterocycles. The zero-order chi connectivity index (χ0) is 31.2. The van der Waals surface area contributed by atoms with Crippen LogP contribution in [0.25, 0.3) is 22.0 Å². The number of hydrogen-bond donors (Lipinski definition) is 1. The summed E-state index contributed by atoms with van der Waals surface area (Å²) in [6, 6.07) is 23.9. The minimum absolute atomic E-state index is 0. The molecule has 5 heteroatoms. The zero-order valence-electron chi connectivity index (χ0n) is 28.2. The summed E-state index contributed by atoms with van der Waals surface area (Å²) >= 11 is 0. The number of rotatable bonds is 8. The van der Waals surface area contributed by atoms with Crippen LogP contribution in [0.3, 0.4) is 0 Å². The van der Waals surface area contributed by atoms with Crippen molar-refractivity contribution in [1.82, 2.24) is 4.98 Å². The first-order chi connectivity index (χ1) is 20.6. The number of aromatic nitrogens is 1. The Balaban J connectivity index is 0.000000286. The summed E-state index contributed by atoms with van der Waals surface area (Å²) in [5, 5.41) is 14.0. The first kappa shape index (κ1) is 36.4. The molecule has 0 saturated carbocycles. The molecule has 3 aromatic rings. The predicted molar refractivity (Wildman–Crippen MR) is 186 cm³/mol. The van der Waals surface area contributed by atoms with Crippen molar-refractivity contribution in [1.29, 1.82) is 0 Å². The summed E-state index contributed by atoms with van der Waals surface area (Å²) in [7, 11) is -1.22. The first-order valence-corrected chi connectivity index (χ1v) is 19.6. The summed E-state index contributed by atoms with van der Waals surface area (Å²) < 4.78 is 0. The molecule has 3 nitrogen and oxygen atoms in total. The minimum Gasteiger partial charge on any atom is -0.512 e. The molecule has 1 spiro atoms. The van der Waals surface area contributed by atoms with Crippen LogP contribution in [0.15, 0.2) is 54.3 Å². The molecule has 2 aliphatic rings. The van der Waals surface area contributed by atoms with Gasteiger partial charge in [-0.2, -0.15) is 0 Å². The monoisotopic (exact) mass is 789 g/mol. The number of carbonyl (C=O) groups is 1. The summed E-state index contributed by atoms with van der Waals surface area (Å²) in [6.45, 7) is 15.0. The fraction of sp³-hybridized carbons (Fsp3) is 0.538. The van der Waals surface area contributed by atoms with E-state index in [0.29, 0.717) is 0 Å². The molecule has 0 unspecified atom stereocenters. The smallest absolute Gasteiger partial charge is 0.162 e. The molecule has 1 aromatic heterocycles. The standard InChI is InChI=1S/C26H30NSi.C13H24O2.Ir/c1-26(2,3)22-18-20(17-19-9-4-5-10-21(19)22)23-12-13-25-24(27-23)11-8-16-28(25)14-6-7-15-28;1-5-10(6-2)12(14)9-13(15)11(7-3)8-4;/h4-5,9-10,12-13,18H,6-8,11,14-16H2,1-3H3;9-11,14H,5-8H2,1-4H3;/q-1;;/b;12-9-;. The average Bonchev–Trinajstić information content (AvgIpc) is 3.46. The third-order valence-electron chi connectivity index (χ3n) is 10.1. The number of fused-ring (bicyclic) bond motifs is 3. The number of benzene rings is 2. The zero-order valence-corrected chi connectivity index (χ0v) is 31.6. The van der Waals surface area contributed by atoms with Gasteiger partial charge >= 0.3 is 0 Å². The van der Waals surface area contributed by atoms with Crippen LogP contribution in [0, 0.1) is 17.9 Å². The fourth-order valence-corrected chi connectivity index (χ4v) is 12.9. The molecule has 1 N–H and O–H groups in total. The summed E-state index contributed by atoms with van der Waals surface area (Å²) in [6.07, 6.45) is 10.3. The normalized spacial score (nSPS) is 16.1. The second kappa shape index (κ2) is 16.0. The van der Waals surface area contributed by atoms with E-state index in [0.717, 1.165) is 43.4 Å². The molecule has 1 radical (unpaired) electrons. The number of aliphatic hydroxyl groups excluding tert-OH is 1. The van der Waals surface area contributed by atoms with Gasteiger partial charge in [-0.15, -0.1) is 29.1 Å². The quantitative estimate of drug-likeness (QED) is 0.107. The number of carbonyl (C=O) groups excluding carboxylic acids is 1. The number of hydrogen-bond acceptors (Lipinski definition) is 3. The van der Waals surface area contributed by atoms with E-state index in [1.807, 2.05) is 27.7 Å². The number of allylic oxidation sites excluding steroid dienone is 2. The van der Waals surface area contributed by atoms with Crippen molar-refractivity contribution in [2.24, 2.45) is 11.8 Å². The van der Waals surface area contributed by atoms with Crippen LogP contribution in [0.1, 0.15) is 105 Å². The maximum absolute atomic E-state index is 11.7. The molecule has 1 fully saturated rings. The van der Waals surface area contributed by atoms with E-state index in [2.05, 4.69) is 69.3 Å². The van der Waals surface area contributed by atoms with Crippen LogP contribution in [0.2, 0.25) is 18.1 Å². The molecule has 0 bridgehead atoms. The molecule has 2 aliphatic heterocycles. The molecule has 5 rings (SSSR count). The van der Waals surface area contributed by atoms with Crippen molar-refractivity contribution in [3.05, 3.63) is 71.6 Å². The topological polar surface area (TPSA) is 50.2 Å². The molecular weight excluding hydrogens is 735 g/mol. The van der Waals surface area contributed by atoms with Crippen LogP contribution >= 0.6 is 0 Å². The van der Waals surface area contributed by atoms with Crippen molar-refractivity contribution >= 4 is 29.8 Å². The van der Waals surface area contributed by atoms with E-state index >= 15 is 0 Å². The van der Waals surface area contributed by atoms with Gasteiger partial charge in [-0.05, 0) is 49.1 Å². The van der Waals surface area contributed by atoms with E-state index in [1.165, 1.54) is 65.5 Å². The molecule has 0 amide bonds. The van der Waals surface area contributed by atoms with Crippen molar-refractivity contribution in [2.75, 3.05) is 0 Å². The number of pyridine rings is 1. The maximum Gasteiger partial charge on any atom is 0.162 e. The van der Waals surface area contributed by atoms with Crippen LogP contribution in [-0.2, 0) is 36.7 Å². The van der Waals surface area contributed by atoms with Crippen molar-refractivity contribution in [3.8, 4) is 11.3 Å². The molecule has 3 heterocycles. The maximum atomic E-state index is 11.7. The van der Waals surface area contributed by atoms with Crippen LogP contribution in [-0.4, -0.2) is 23.9 Å². The Hall–Kier alpha value is -2.07. The molecule has 241 valence electrons. The summed E-state index contributed by atoms with van der Waals surface area (Å²) in [4.78, 5) is 17.0. The van der Waals surface area contributed by atoms with Gasteiger partial charge in [0.25, 0.3) is 0 Å². The Morgan fingerprint density at radius 2 is 1.55 bits per heavy atom. The van der Waals surface area contributed by atoms with Gasteiger partial charge in [0.2, 0.25) is 0 Å². The second-order valence-corrected chi connectivity index (χ2v) is 18.5. The van der Waals surface area contributed by atoms with Gasteiger partial charge in [0.15, 0.2) is 5.78 Å². The molecular formula is C39H54IrNO2Si-. The van der Waals surface area contributed by atoms with E-state index in [9.17, 15) is 9.90 Å². The van der Waals surface area contributed by atoms with Gasteiger partial charge in [-0.3, -0.25) is 9.78 Å². The summed E-state index contributed by atoms with van der Waals surface area (Å²) in [5.74, 6) is 0.547. The third-order valence-corrected chi connectivity index (χ3v) is 15.6. The van der Waals surface area contributed by atoms with Gasteiger partial charge in [0.1, 0.15) is 0 Å². The van der Waals surface area contributed by atoms with E-state index in [-0.39, 0.29) is 48.9 Å². The van der Waals surface area contributed by atoms with Crippen molar-refractivity contribution < 1.29 is 30.0 Å². The molecule has 44 heavy (non-hydrogen) atoms. The Morgan fingerprint density at radius 3 is 2.16 bits per heavy atom. The van der Waals surface area contributed by atoms with Crippen LogP contribution in [0.4, 0.5) is 0 Å². The number of ketones is 1. The largest absolute Gasteiger partial charge is 0.512 e.